The third-order valence-electron chi connectivity index (χ3n) is 5.75. The minimum Gasteiger partial charge on any atom is -0.493 e. The molecule has 0 spiro atoms. The van der Waals surface area contributed by atoms with Gasteiger partial charge in [0.1, 0.15) is 17.2 Å². The molecule has 2 aromatic heterocycles. The summed E-state index contributed by atoms with van der Waals surface area (Å²) in [7, 11) is 4.76. The summed E-state index contributed by atoms with van der Waals surface area (Å²) in [6, 6.07) is 12.8. The van der Waals surface area contributed by atoms with E-state index in [0.29, 0.717) is 47.4 Å². The van der Waals surface area contributed by atoms with Crippen LogP contribution in [-0.2, 0) is 4.74 Å². The second-order valence-electron chi connectivity index (χ2n) is 7.90. The van der Waals surface area contributed by atoms with Crippen molar-refractivity contribution in [1.29, 1.82) is 0 Å². The monoisotopic (exact) mass is 472 g/mol. The van der Waals surface area contributed by atoms with E-state index in [2.05, 4.69) is 20.3 Å². The molecule has 0 saturated heterocycles. The summed E-state index contributed by atoms with van der Waals surface area (Å²) < 4.78 is 22.1. The van der Waals surface area contributed by atoms with Gasteiger partial charge in [0.05, 0.1) is 26.8 Å². The predicted octanol–water partition coefficient (Wildman–Crippen LogP) is 4.94. The summed E-state index contributed by atoms with van der Waals surface area (Å²) in [6.07, 6.45) is 4.62. The number of aromatic nitrogens is 2. The topological polar surface area (TPSA) is 107 Å². The highest BCUT2D eigenvalue weighted by Gasteiger charge is 2.15. The van der Waals surface area contributed by atoms with Crippen LogP contribution in [0.5, 0.6) is 23.0 Å². The third-order valence-corrected chi connectivity index (χ3v) is 5.75. The fraction of sp³-hybridized carbons (Fsp3) is 0.192. The largest absolute Gasteiger partial charge is 0.493 e. The van der Waals surface area contributed by atoms with Gasteiger partial charge in [-0.3, -0.25) is 9.78 Å². The number of pyridine rings is 1. The van der Waals surface area contributed by atoms with Crippen LogP contribution in [0.4, 0.5) is 0 Å². The lowest BCUT2D eigenvalue weighted by Gasteiger charge is -2.13. The number of aromatic amines is 1. The number of fused-ring (bicyclic) bond motifs is 2. The number of hydrogen-bond donors (Lipinski definition) is 2. The Labute approximate surface area is 201 Å². The fourth-order valence-electron chi connectivity index (χ4n) is 3.94. The van der Waals surface area contributed by atoms with Crippen LogP contribution in [0, 0.1) is 0 Å². The minimum atomic E-state index is -0.229. The van der Waals surface area contributed by atoms with E-state index in [1.165, 1.54) is 0 Å². The Bertz CT molecular complexity index is 1490. The lowest BCUT2D eigenvalue weighted by atomic mass is 10.1. The van der Waals surface area contributed by atoms with E-state index in [4.69, 9.17) is 18.9 Å². The molecule has 5 rings (SSSR count). The van der Waals surface area contributed by atoms with Crippen molar-refractivity contribution >= 4 is 33.6 Å². The van der Waals surface area contributed by atoms with Gasteiger partial charge in [0.15, 0.2) is 17.4 Å². The summed E-state index contributed by atoms with van der Waals surface area (Å²) in [6.45, 7) is 0. The molecule has 0 fully saturated rings. The average molecular weight is 473 g/mol. The van der Waals surface area contributed by atoms with Crippen molar-refractivity contribution in [3.8, 4) is 23.0 Å². The molecule has 0 saturated carbocycles. The van der Waals surface area contributed by atoms with Gasteiger partial charge in [-0.25, -0.2) is 4.99 Å². The van der Waals surface area contributed by atoms with Gasteiger partial charge < -0.3 is 29.2 Å². The lowest BCUT2D eigenvalue weighted by Crippen LogP contribution is -2.24. The molecule has 0 atom stereocenters. The number of benzene rings is 2. The highest BCUT2D eigenvalue weighted by atomic mass is 16.5. The molecule has 35 heavy (non-hydrogen) atoms. The van der Waals surface area contributed by atoms with Crippen LogP contribution in [0.2, 0.25) is 0 Å². The van der Waals surface area contributed by atoms with E-state index in [1.807, 2.05) is 30.3 Å². The number of aliphatic imine (C=N–C) groups is 1. The smallest absolute Gasteiger partial charge is 0.271 e. The molecule has 1 aliphatic rings. The molecule has 4 aromatic rings. The fourth-order valence-corrected chi connectivity index (χ4v) is 3.94. The molecule has 9 nitrogen and oxygen atoms in total. The highest BCUT2D eigenvalue weighted by Crippen LogP contribution is 2.37. The van der Waals surface area contributed by atoms with Crippen LogP contribution in [0.15, 0.2) is 65.6 Å². The number of ether oxygens (including phenoxy) is 4. The van der Waals surface area contributed by atoms with Gasteiger partial charge in [-0.1, -0.05) is 0 Å². The number of allylic oxidation sites excluding steroid dienone is 1. The Kier molecular flexibility index (Phi) is 5.97. The zero-order valence-electron chi connectivity index (χ0n) is 19.5. The molecule has 0 unspecified atom stereocenters. The first-order chi connectivity index (χ1) is 17.1. The van der Waals surface area contributed by atoms with Crippen molar-refractivity contribution < 1.29 is 23.7 Å². The Morgan fingerprint density at radius 3 is 2.51 bits per heavy atom. The summed E-state index contributed by atoms with van der Waals surface area (Å²) in [5.41, 5.74) is 2.74. The van der Waals surface area contributed by atoms with Crippen molar-refractivity contribution in [3.63, 3.8) is 0 Å². The maximum atomic E-state index is 12.7. The van der Waals surface area contributed by atoms with E-state index in [1.54, 1.807) is 45.9 Å². The Hall–Kier alpha value is -4.53. The molecule has 2 aromatic carbocycles. The molecular weight excluding hydrogens is 448 g/mol. The SMILES string of the molecule is COC1=NC=C(NC(=O)c2cc3cc(Oc4ccnc5cc(OC)c(OC)cc45)ccc3[nH]2)CC1. The van der Waals surface area contributed by atoms with Gasteiger partial charge in [-0.05, 0) is 42.8 Å². The van der Waals surface area contributed by atoms with Crippen molar-refractivity contribution in [2.45, 2.75) is 12.8 Å². The standard InChI is InChI=1S/C26H24N4O5/c1-32-23-12-18-20(13-24(23)33-2)27-9-8-22(18)35-17-5-6-19-15(10-17)11-21(30-19)26(31)29-16-4-7-25(34-3)28-14-16/h5-6,8-14,30H,4,7H2,1-3H3,(H,29,31). The van der Waals surface area contributed by atoms with E-state index >= 15 is 0 Å². The molecular formula is C26H24N4O5. The number of carbonyl (C=O) groups is 1. The molecule has 1 aliphatic heterocycles. The maximum absolute atomic E-state index is 12.7. The second kappa shape index (κ2) is 9.38. The van der Waals surface area contributed by atoms with Gasteiger partial charge in [0, 0.05) is 46.9 Å². The average Bonchev–Trinajstić information content (AvgIpc) is 3.32. The second-order valence-corrected chi connectivity index (χ2v) is 7.90. The highest BCUT2D eigenvalue weighted by molar-refractivity contribution is 5.99. The number of nitrogens with zero attached hydrogens (tertiary/aromatic N) is 2. The van der Waals surface area contributed by atoms with Gasteiger partial charge in [0.25, 0.3) is 5.91 Å². The van der Waals surface area contributed by atoms with Crippen molar-refractivity contribution in [2.75, 3.05) is 21.3 Å². The molecule has 3 heterocycles. The van der Waals surface area contributed by atoms with E-state index in [0.717, 1.165) is 27.5 Å². The molecule has 0 radical (unpaired) electrons. The number of amides is 1. The molecule has 178 valence electrons. The van der Waals surface area contributed by atoms with Gasteiger partial charge in [0.2, 0.25) is 0 Å². The number of hydrogen-bond acceptors (Lipinski definition) is 7. The Morgan fingerprint density at radius 2 is 1.77 bits per heavy atom. The third kappa shape index (κ3) is 4.48. The van der Waals surface area contributed by atoms with E-state index in [9.17, 15) is 4.79 Å². The summed E-state index contributed by atoms with van der Waals surface area (Å²) in [4.78, 5) is 24.5. The van der Waals surface area contributed by atoms with Gasteiger partial charge in [-0.2, -0.15) is 0 Å². The zero-order valence-corrected chi connectivity index (χ0v) is 19.5. The first-order valence-corrected chi connectivity index (χ1v) is 11.0. The first kappa shape index (κ1) is 22.3. The molecule has 9 heteroatoms. The van der Waals surface area contributed by atoms with Crippen molar-refractivity contribution in [2.24, 2.45) is 4.99 Å². The molecule has 2 N–H and O–H groups in total. The molecule has 0 bridgehead atoms. The van der Waals surface area contributed by atoms with Crippen LogP contribution < -0.4 is 19.5 Å². The predicted molar refractivity (Wildman–Crippen MR) is 132 cm³/mol. The van der Waals surface area contributed by atoms with Crippen LogP contribution in [0.25, 0.3) is 21.8 Å². The molecule has 0 aliphatic carbocycles. The number of carbonyl (C=O) groups excluding carboxylic acids is 1. The van der Waals surface area contributed by atoms with E-state index < -0.39 is 0 Å². The van der Waals surface area contributed by atoms with Crippen LogP contribution in [0.1, 0.15) is 23.3 Å². The quantitative estimate of drug-likeness (QED) is 0.412. The first-order valence-electron chi connectivity index (χ1n) is 11.0. The summed E-state index contributed by atoms with van der Waals surface area (Å²) in [5, 5.41) is 4.54. The van der Waals surface area contributed by atoms with Gasteiger partial charge >= 0.3 is 0 Å². The van der Waals surface area contributed by atoms with Crippen molar-refractivity contribution in [3.05, 3.63) is 66.3 Å². The lowest BCUT2D eigenvalue weighted by molar-refractivity contribution is 0.0960. The van der Waals surface area contributed by atoms with Crippen molar-refractivity contribution in [1.82, 2.24) is 15.3 Å². The number of H-pyrrole nitrogens is 1. The summed E-state index contributed by atoms with van der Waals surface area (Å²) >= 11 is 0. The normalized spacial score (nSPS) is 13.2. The Morgan fingerprint density at radius 1 is 0.943 bits per heavy atom. The number of nitrogens with one attached hydrogen (secondary N) is 2. The zero-order chi connectivity index (χ0) is 24.4. The maximum Gasteiger partial charge on any atom is 0.271 e. The van der Waals surface area contributed by atoms with E-state index in [-0.39, 0.29) is 5.91 Å². The van der Waals surface area contributed by atoms with Crippen LogP contribution >= 0.6 is 0 Å². The number of rotatable bonds is 6. The Balaban J connectivity index is 1.39. The van der Waals surface area contributed by atoms with Crippen LogP contribution in [-0.4, -0.2) is 43.1 Å². The minimum absolute atomic E-state index is 0.229. The number of methoxy groups -OCH3 is 3. The van der Waals surface area contributed by atoms with Gasteiger partial charge in [-0.15, -0.1) is 0 Å². The summed E-state index contributed by atoms with van der Waals surface area (Å²) in [5.74, 6) is 2.87. The molecule has 1 amide bonds. The van der Waals surface area contributed by atoms with Crippen LogP contribution in [0.3, 0.4) is 0 Å².